The normalized spacial score (nSPS) is 10.6. The molecule has 0 radical (unpaired) electrons. The summed E-state index contributed by atoms with van der Waals surface area (Å²) in [5.74, 6) is 1.65. The van der Waals surface area contributed by atoms with Crippen LogP contribution in [-0.2, 0) is 12.8 Å². The minimum absolute atomic E-state index is 0.602. The Labute approximate surface area is 111 Å². The third-order valence-corrected chi connectivity index (χ3v) is 3.12. The first kappa shape index (κ1) is 13.0. The summed E-state index contributed by atoms with van der Waals surface area (Å²) in [6.45, 7) is 2.77. The van der Waals surface area contributed by atoms with Crippen molar-refractivity contribution < 1.29 is 4.74 Å². The highest BCUT2D eigenvalue weighted by Crippen LogP contribution is 2.23. The fourth-order valence-corrected chi connectivity index (χ4v) is 2.19. The summed E-state index contributed by atoms with van der Waals surface area (Å²) in [5.41, 5.74) is 6.72. The van der Waals surface area contributed by atoms with Crippen LogP contribution < -0.4 is 10.5 Å². The van der Waals surface area contributed by atoms with E-state index in [0.717, 1.165) is 30.8 Å². The number of nitrogens with two attached hydrogens (primary N) is 1. The molecule has 4 nitrogen and oxygen atoms in total. The van der Waals surface area contributed by atoms with Gasteiger partial charge in [0.25, 0.3) is 5.19 Å². The predicted molar refractivity (Wildman–Crippen MR) is 73.2 cm³/mol. The molecule has 2 aromatic rings. The lowest BCUT2D eigenvalue weighted by Gasteiger charge is -2.02. The first-order valence-electron chi connectivity index (χ1n) is 6.11. The Hall–Kier alpha value is -1.46. The molecule has 1 heterocycles. The molecule has 2 rings (SSSR count). The van der Waals surface area contributed by atoms with Crippen molar-refractivity contribution in [3.8, 4) is 10.9 Å². The molecule has 96 valence electrons. The van der Waals surface area contributed by atoms with Crippen molar-refractivity contribution in [3.05, 3.63) is 35.7 Å². The molecule has 0 aliphatic carbocycles. The molecule has 18 heavy (non-hydrogen) atoms. The van der Waals surface area contributed by atoms with Gasteiger partial charge in [0.1, 0.15) is 11.6 Å². The monoisotopic (exact) mass is 263 g/mol. The van der Waals surface area contributed by atoms with E-state index < -0.39 is 0 Å². The maximum absolute atomic E-state index is 5.65. The van der Waals surface area contributed by atoms with Gasteiger partial charge < -0.3 is 10.5 Å². The van der Waals surface area contributed by atoms with Gasteiger partial charge in [-0.15, -0.1) is 0 Å². The molecule has 0 bridgehead atoms. The third kappa shape index (κ3) is 3.51. The maximum Gasteiger partial charge on any atom is 0.298 e. The summed E-state index contributed by atoms with van der Waals surface area (Å²) in [7, 11) is 0. The number of hydrogen-bond donors (Lipinski definition) is 1. The number of nitrogens with zero attached hydrogens (tertiary/aromatic N) is 2. The second-order valence-corrected chi connectivity index (χ2v) is 4.73. The molecule has 0 saturated heterocycles. The molecule has 0 atom stereocenters. The molecule has 0 spiro atoms. The van der Waals surface area contributed by atoms with Crippen molar-refractivity contribution in [1.29, 1.82) is 0 Å². The van der Waals surface area contributed by atoms with Gasteiger partial charge in [-0.2, -0.15) is 9.36 Å². The Morgan fingerprint density at radius 3 is 2.67 bits per heavy atom. The maximum atomic E-state index is 5.65. The van der Waals surface area contributed by atoms with E-state index in [-0.39, 0.29) is 0 Å². The van der Waals surface area contributed by atoms with Crippen molar-refractivity contribution in [2.45, 2.75) is 26.2 Å². The molecule has 0 aliphatic heterocycles. The second-order valence-electron chi connectivity index (χ2n) is 4.01. The summed E-state index contributed by atoms with van der Waals surface area (Å²) >= 11 is 1.30. The Bertz CT molecular complexity index is 481. The van der Waals surface area contributed by atoms with E-state index >= 15 is 0 Å². The van der Waals surface area contributed by atoms with Gasteiger partial charge in [0.2, 0.25) is 0 Å². The molecule has 0 aliphatic rings. The number of rotatable bonds is 6. The summed E-state index contributed by atoms with van der Waals surface area (Å²) in [4.78, 5) is 4.32. The highest BCUT2D eigenvalue weighted by atomic mass is 32.1. The number of aromatic nitrogens is 2. The van der Waals surface area contributed by atoms with Crippen molar-refractivity contribution in [2.75, 3.05) is 6.54 Å². The molecule has 1 aromatic heterocycles. The zero-order chi connectivity index (χ0) is 12.8. The van der Waals surface area contributed by atoms with Crippen LogP contribution in [0.1, 0.15) is 24.7 Å². The first-order valence-corrected chi connectivity index (χ1v) is 6.88. The Morgan fingerprint density at radius 2 is 2.00 bits per heavy atom. The first-order chi connectivity index (χ1) is 8.81. The van der Waals surface area contributed by atoms with Gasteiger partial charge in [-0.3, -0.25) is 0 Å². The average Bonchev–Trinajstić information content (AvgIpc) is 2.80. The number of ether oxygens (including phenoxy) is 1. The van der Waals surface area contributed by atoms with Gasteiger partial charge in [-0.25, -0.2) is 0 Å². The van der Waals surface area contributed by atoms with Crippen LogP contribution in [0.4, 0.5) is 0 Å². The molecule has 1 aromatic carbocycles. The molecule has 0 saturated carbocycles. The van der Waals surface area contributed by atoms with Crippen LogP contribution in [0, 0.1) is 0 Å². The predicted octanol–water partition coefficient (Wildman–Crippen LogP) is 2.78. The molecule has 2 N–H and O–H groups in total. The number of aryl methyl sites for hydroxylation is 1. The number of benzene rings is 1. The van der Waals surface area contributed by atoms with Gasteiger partial charge in [0, 0.05) is 18.0 Å². The fourth-order valence-electron chi connectivity index (χ4n) is 1.60. The average molecular weight is 263 g/mol. The minimum atomic E-state index is 0.602. The Morgan fingerprint density at radius 1 is 1.22 bits per heavy atom. The quantitative estimate of drug-likeness (QED) is 0.870. The summed E-state index contributed by atoms with van der Waals surface area (Å²) in [6, 6.07) is 7.92. The topological polar surface area (TPSA) is 61.0 Å². The summed E-state index contributed by atoms with van der Waals surface area (Å²) < 4.78 is 9.89. The molecule has 0 unspecified atom stereocenters. The van der Waals surface area contributed by atoms with Crippen molar-refractivity contribution in [2.24, 2.45) is 5.73 Å². The zero-order valence-electron chi connectivity index (χ0n) is 10.4. The van der Waals surface area contributed by atoms with E-state index in [1.165, 1.54) is 17.1 Å². The lowest BCUT2D eigenvalue weighted by molar-refractivity contribution is 0.476. The second kappa shape index (κ2) is 6.47. The standard InChI is InChI=1S/C13H17N3OS/c1-2-3-12-15-13(18-16-12)17-11-6-4-10(5-7-11)8-9-14/h4-7H,2-3,8-9,14H2,1H3. The molecule has 0 fully saturated rings. The van der Waals surface area contributed by atoms with Crippen LogP contribution >= 0.6 is 11.5 Å². The van der Waals surface area contributed by atoms with E-state index in [1.54, 1.807) is 0 Å². The Kier molecular flexibility index (Phi) is 4.66. The highest BCUT2D eigenvalue weighted by Gasteiger charge is 2.05. The van der Waals surface area contributed by atoms with Gasteiger partial charge in [0.05, 0.1) is 0 Å². The highest BCUT2D eigenvalue weighted by molar-refractivity contribution is 7.07. The van der Waals surface area contributed by atoms with Crippen molar-refractivity contribution in [3.63, 3.8) is 0 Å². The van der Waals surface area contributed by atoms with E-state index in [0.29, 0.717) is 11.7 Å². The van der Waals surface area contributed by atoms with Crippen LogP contribution in [0.25, 0.3) is 0 Å². The zero-order valence-corrected chi connectivity index (χ0v) is 11.2. The number of hydrogen-bond acceptors (Lipinski definition) is 5. The van der Waals surface area contributed by atoms with E-state index in [1.807, 2.05) is 24.3 Å². The smallest absolute Gasteiger partial charge is 0.298 e. The summed E-state index contributed by atoms with van der Waals surface area (Å²) in [5, 5.41) is 0.602. The van der Waals surface area contributed by atoms with E-state index in [2.05, 4.69) is 16.3 Å². The van der Waals surface area contributed by atoms with Crippen LogP contribution in [0.5, 0.6) is 10.9 Å². The van der Waals surface area contributed by atoms with Crippen LogP contribution in [0.15, 0.2) is 24.3 Å². The van der Waals surface area contributed by atoms with Gasteiger partial charge in [-0.05, 0) is 37.1 Å². The Balaban J connectivity index is 1.99. The fraction of sp³-hybridized carbons (Fsp3) is 0.385. The van der Waals surface area contributed by atoms with Crippen LogP contribution in [0.2, 0.25) is 0 Å². The molecular formula is C13H17N3OS. The molecule has 5 heteroatoms. The van der Waals surface area contributed by atoms with Gasteiger partial charge in [0.15, 0.2) is 0 Å². The summed E-state index contributed by atoms with van der Waals surface area (Å²) in [6.07, 6.45) is 2.83. The largest absolute Gasteiger partial charge is 0.430 e. The van der Waals surface area contributed by atoms with Crippen molar-refractivity contribution in [1.82, 2.24) is 9.36 Å². The van der Waals surface area contributed by atoms with Crippen LogP contribution in [0.3, 0.4) is 0 Å². The lowest BCUT2D eigenvalue weighted by Crippen LogP contribution is -2.02. The van der Waals surface area contributed by atoms with Gasteiger partial charge >= 0.3 is 0 Å². The lowest BCUT2D eigenvalue weighted by atomic mass is 10.1. The molecular weight excluding hydrogens is 246 g/mol. The van der Waals surface area contributed by atoms with E-state index in [9.17, 15) is 0 Å². The van der Waals surface area contributed by atoms with E-state index in [4.69, 9.17) is 10.5 Å². The SMILES string of the molecule is CCCc1nsc(Oc2ccc(CCN)cc2)n1. The van der Waals surface area contributed by atoms with Crippen molar-refractivity contribution >= 4 is 11.5 Å². The van der Waals surface area contributed by atoms with Gasteiger partial charge in [-0.1, -0.05) is 19.1 Å². The minimum Gasteiger partial charge on any atom is -0.430 e. The van der Waals surface area contributed by atoms with Crippen LogP contribution in [-0.4, -0.2) is 15.9 Å². The molecule has 0 amide bonds. The third-order valence-electron chi connectivity index (χ3n) is 2.48.